The molecule has 2 atom stereocenters. The van der Waals surface area contributed by atoms with Gasteiger partial charge in [0.25, 0.3) is 0 Å². The fourth-order valence-corrected chi connectivity index (χ4v) is 6.70. The van der Waals surface area contributed by atoms with Gasteiger partial charge >= 0.3 is 0 Å². The minimum absolute atomic E-state index is 0.00761. The lowest BCUT2D eigenvalue weighted by molar-refractivity contribution is -0.150. The molecule has 1 aromatic rings. The number of likely N-dealkylation sites (tertiary alicyclic amines) is 1. The normalized spacial score (nSPS) is 31.9. The number of halogens is 1. The number of alkyl halides is 1. The number of benzene rings is 1. The summed E-state index contributed by atoms with van der Waals surface area (Å²) in [5.74, 6) is 0.937. The number of hydrogen-bond acceptors (Lipinski definition) is 6. The number of nitriles is 1. The Labute approximate surface area is 212 Å². The molecule has 2 saturated heterocycles. The maximum Gasteiger partial charge on any atom is 0.237 e. The Hall–Kier alpha value is -2.86. The quantitative estimate of drug-likeness (QED) is 0.650. The second kappa shape index (κ2) is 9.89. The molecular weight excluding hydrogens is 461 g/mol. The zero-order valence-electron chi connectivity index (χ0n) is 21.0. The monoisotopic (exact) mass is 497 g/mol. The summed E-state index contributed by atoms with van der Waals surface area (Å²) >= 11 is 0. The number of methoxy groups -OCH3 is 1. The van der Waals surface area contributed by atoms with Crippen molar-refractivity contribution < 1.29 is 18.7 Å². The van der Waals surface area contributed by atoms with Crippen molar-refractivity contribution in [2.45, 2.75) is 62.7 Å². The summed E-state index contributed by atoms with van der Waals surface area (Å²) in [7, 11) is 1.68. The van der Waals surface area contributed by atoms with Crippen molar-refractivity contribution in [2.24, 2.45) is 5.41 Å². The van der Waals surface area contributed by atoms with Gasteiger partial charge in [0.2, 0.25) is 11.8 Å². The van der Waals surface area contributed by atoms with Crippen LogP contribution in [0.1, 0.15) is 44.9 Å². The van der Waals surface area contributed by atoms with Crippen molar-refractivity contribution in [1.29, 1.82) is 5.26 Å². The Morgan fingerprint density at radius 1 is 1.11 bits per heavy atom. The number of piperazine rings is 1. The molecule has 9 heteroatoms. The first-order valence-corrected chi connectivity index (χ1v) is 13.1. The highest BCUT2D eigenvalue weighted by molar-refractivity contribution is 5.84. The molecule has 3 aliphatic carbocycles. The SMILES string of the molecule is COc1ccccc1N1CCN(C(=O)C23CCC(NCC(=O)N4C[C@@H](F)C[C@H]4C#N)(CC2)CC3)CC1. The topological polar surface area (TPSA) is 88.9 Å². The smallest absolute Gasteiger partial charge is 0.237 e. The molecule has 0 aromatic heterocycles. The number of fused-ring (bicyclic) bond motifs is 3. The number of nitrogens with zero attached hydrogens (tertiary/aromatic N) is 4. The highest BCUT2D eigenvalue weighted by Gasteiger charge is 2.53. The van der Waals surface area contributed by atoms with Gasteiger partial charge in [0, 0.05) is 43.6 Å². The van der Waals surface area contributed by atoms with Crippen LogP contribution in [0, 0.1) is 16.7 Å². The number of nitrogens with one attached hydrogen (secondary N) is 1. The van der Waals surface area contributed by atoms with E-state index in [4.69, 9.17) is 4.74 Å². The summed E-state index contributed by atoms with van der Waals surface area (Å²) in [5, 5.41) is 12.7. The Balaban J connectivity index is 1.14. The van der Waals surface area contributed by atoms with E-state index in [0.29, 0.717) is 13.1 Å². The molecule has 194 valence electrons. The van der Waals surface area contributed by atoms with Gasteiger partial charge in [-0.25, -0.2) is 4.39 Å². The zero-order chi connectivity index (χ0) is 25.3. The van der Waals surface area contributed by atoms with E-state index >= 15 is 0 Å². The Bertz CT molecular complexity index is 1010. The molecule has 2 heterocycles. The number of carbonyl (C=O) groups is 2. The van der Waals surface area contributed by atoms with Crippen LogP contribution in [0.15, 0.2) is 24.3 Å². The van der Waals surface area contributed by atoms with Crippen molar-refractivity contribution in [3.8, 4) is 11.8 Å². The molecule has 0 unspecified atom stereocenters. The van der Waals surface area contributed by atoms with Crippen molar-refractivity contribution >= 4 is 17.5 Å². The van der Waals surface area contributed by atoms with Crippen LogP contribution in [0.2, 0.25) is 0 Å². The lowest BCUT2D eigenvalue weighted by Crippen LogP contribution is -2.61. The summed E-state index contributed by atoms with van der Waals surface area (Å²) in [4.78, 5) is 32.1. The van der Waals surface area contributed by atoms with Crippen LogP contribution in [-0.4, -0.2) is 85.7 Å². The number of amides is 2. The first-order valence-electron chi connectivity index (χ1n) is 13.1. The molecule has 5 aliphatic rings. The van der Waals surface area contributed by atoms with Gasteiger partial charge in [0.05, 0.1) is 32.0 Å². The third-order valence-electron chi connectivity index (χ3n) is 9.03. The van der Waals surface area contributed by atoms with Crippen molar-refractivity contribution in [1.82, 2.24) is 15.1 Å². The molecule has 2 amide bonds. The lowest BCUT2D eigenvalue weighted by Gasteiger charge is -2.54. The van der Waals surface area contributed by atoms with E-state index in [9.17, 15) is 19.2 Å². The average molecular weight is 498 g/mol. The van der Waals surface area contributed by atoms with Crippen molar-refractivity contribution in [3.63, 3.8) is 0 Å². The predicted molar refractivity (Wildman–Crippen MR) is 133 cm³/mol. The largest absolute Gasteiger partial charge is 0.495 e. The molecule has 0 radical (unpaired) electrons. The average Bonchev–Trinajstić information content (AvgIpc) is 3.33. The number of carbonyl (C=O) groups excluding carboxylic acids is 2. The van der Waals surface area contributed by atoms with Gasteiger partial charge in [-0.15, -0.1) is 0 Å². The number of ether oxygens (including phenoxy) is 1. The van der Waals surface area contributed by atoms with Gasteiger partial charge in [-0.3, -0.25) is 9.59 Å². The van der Waals surface area contributed by atoms with Crippen LogP contribution >= 0.6 is 0 Å². The predicted octanol–water partition coefficient (Wildman–Crippen LogP) is 2.49. The third kappa shape index (κ3) is 4.52. The lowest BCUT2D eigenvalue weighted by atomic mass is 9.56. The maximum atomic E-state index is 13.7. The Morgan fingerprint density at radius 3 is 2.42 bits per heavy atom. The third-order valence-corrected chi connectivity index (χ3v) is 9.03. The van der Waals surface area contributed by atoms with E-state index in [1.54, 1.807) is 7.11 Å². The number of hydrogen-bond donors (Lipinski definition) is 1. The van der Waals surface area contributed by atoms with Crippen molar-refractivity contribution in [3.05, 3.63) is 24.3 Å². The zero-order valence-corrected chi connectivity index (χ0v) is 21.0. The standard InChI is InChI=1S/C27H36FN5O3/c1-36-23-5-3-2-4-22(23)31-12-14-32(15-13-31)25(35)26-6-9-27(10-7-26,11-8-26)30-18-24(34)33-19-20(28)16-21(33)17-29/h2-5,20-21,30H,6-16,18-19H2,1H3/t20-,21-,26?,27?/m0/s1. The van der Waals surface area contributed by atoms with E-state index in [1.165, 1.54) is 4.90 Å². The highest BCUT2D eigenvalue weighted by atomic mass is 19.1. The molecular formula is C27H36FN5O3. The van der Waals surface area contributed by atoms with E-state index < -0.39 is 12.2 Å². The molecule has 2 aliphatic heterocycles. The maximum absolute atomic E-state index is 13.7. The molecule has 1 N–H and O–H groups in total. The first kappa shape index (κ1) is 24.8. The Morgan fingerprint density at radius 2 is 1.78 bits per heavy atom. The second-order valence-electron chi connectivity index (χ2n) is 10.9. The number of para-hydroxylation sites is 2. The van der Waals surface area contributed by atoms with Gasteiger partial charge in [-0.2, -0.15) is 5.26 Å². The van der Waals surface area contributed by atoms with Gasteiger partial charge in [-0.1, -0.05) is 12.1 Å². The molecule has 5 fully saturated rings. The van der Waals surface area contributed by atoms with Crippen LogP contribution in [0.25, 0.3) is 0 Å². The minimum Gasteiger partial charge on any atom is -0.495 e. The van der Waals surface area contributed by atoms with Gasteiger partial charge < -0.3 is 24.8 Å². The molecule has 2 bridgehead atoms. The van der Waals surface area contributed by atoms with E-state index in [1.807, 2.05) is 29.2 Å². The van der Waals surface area contributed by atoms with Gasteiger partial charge in [0.1, 0.15) is 18.0 Å². The minimum atomic E-state index is -1.12. The van der Waals surface area contributed by atoms with Gasteiger partial charge in [0.15, 0.2) is 0 Å². The van der Waals surface area contributed by atoms with Crippen LogP contribution in [0.4, 0.5) is 10.1 Å². The van der Waals surface area contributed by atoms with E-state index in [-0.39, 0.29) is 42.3 Å². The van der Waals surface area contributed by atoms with Crippen LogP contribution in [0.3, 0.4) is 0 Å². The molecule has 6 rings (SSSR count). The Kier molecular flexibility index (Phi) is 6.82. The van der Waals surface area contributed by atoms with Crippen LogP contribution in [-0.2, 0) is 9.59 Å². The second-order valence-corrected chi connectivity index (χ2v) is 10.9. The van der Waals surface area contributed by atoms with Crippen molar-refractivity contribution in [2.75, 3.05) is 51.3 Å². The fourth-order valence-electron chi connectivity index (χ4n) is 6.70. The fraction of sp³-hybridized carbons (Fsp3) is 0.667. The summed E-state index contributed by atoms with van der Waals surface area (Å²) in [5.41, 5.74) is 0.641. The molecule has 3 saturated carbocycles. The van der Waals surface area contributed by atoms with Crippen LogP contribution in [0.5, 0.6) is 5.75 Å². The van der Waals surface area contributed by atoms with E-state index in [2.05, 4.69) is 16.3 Å². The summed E-state index contributed by atoms with van der Waals surface area (Å²) in [6.07, 6.45) is 4.06. The molecule has 0 spiro atoms. The van der Waals surface area contributed by atoms with Crippen LogP contribution < -0.4 is 15.0 Å². The number of rotatable bonds is 6. The summed E-state index contributed by atoms with van der Waals surface area (Å²) in [6.45, 7) is 3.12. The highest BCUT2D eigenvalue weighted by Crippen LogP contribution is 2.53. The molecule has 36 heavy (non-hydrogen) atoms. The summed E-state index contributed by atoms with van der Waals surface area (Å²) in [6, 6.07) is 9.39. The van der Waals surface area contributed by atoms with E-state index in [0.717, 1.165) is 63.1 Å². The summed E-state index contributed by atoms with van der Waals surface area (Å²) < 4.78 is 19.2. The molecule has 8 nitrogen and oxygen atoms in total. The number of anilines is 1. The first-order chi connectivity index (χ1) is 17.4. The van der Waals surface area contributed by atoms with Gasteiger partial charge in [-0.05, 0) is 50.7 Å². The molecule has 1 aromatic carbocycles.